The van der Waals surface area contributed by atoms with E-state index in [1.165, 1.54) is 12.1 Å². The van der Waals surface area contributed by atoms with Crippen molar-refractivity contribution < 1.29 is 4.39 Å². The third kappa shape index (κ3) is 2.91. The van der Waals surface area contributed by atoms with E-state index in [1.807, 2.05) is 31.2 Å². The molecule has 3 aromatic rings. The molecule has 2 aromatic carbocycles. The largest absolute Gasteiger partial charge is 0.323 e. The normalized spacial score (nSPS) is 11.8. The van der Waals surface area contributed by atoms with Crippen LogP contribution in [0.5, 0.6) is 0 Å². The van der Waals surface area contributed by atoms with Crippen LogP contribution in [0.15, 0.2) is 53.6 Å². The van der Waals surface area contributed by atoms with E-state index in [9.17, 15) is 4.39 Å². The lowest BCUT2D eigenvalue weighted by Crippen LogP contribution is -2.03. The molecule has 0 atom stereocenters. The van der Waals surface area contributed by atoms with Crippen LogP contribution in [0.4, 0.5) is 10.3 Å². The van der Waals surface area contributed by atoms with Crippen LogP contribution in [0, 0.1) is 5.82 Å². The van der Waals surface area contributed by atoms with Gasteiger partial charge in [0.1, 0.15) is 5.82 Å². The Bertz CT molecular complexity index is 741. The second-order valence-corrected chi connectivity index (χ2v) is 4.63. The van der Waals surface area contributed by atoms with Gasteiger partial charge in [0.15, 0.2) is 0 Å². The SMILES string of the molecule is CC/C(=N\Nc1nc2ccccc2[nH]1)c1ccc(F)cc1. The quantitative estimate of drug-likeness (QED) is 0.562. The smallest absolute Gasteiger partial charge is 0.222 e. The topological polar surface area (TPSA) is 53.1 Å². The predicted octanol–water partition coefficient (Wildman–Crippen LogP) is 3.93. The Morgan fingerprint density at radius 1 is 1.19 bits per heavy atom. The Labute approximate surface area is 121 Å². The molecule has 0 aliphatic carbocycles. The van der Waals surface area contributed by atoms with Crippen LogP contribution in [0.1, 0.15) is 18.9 Å². The van der Waals surface area contributed by atoms with Crippen molar-refractivity contribution in [3.8, 4) is 0 Å². The van der Waals surface area contributed by atoms with Crippen molar-refractivity contribution in [3.05, 3.63) is 59.9 Å². The molecule has 0 fully saturated rings. The van der Waals surface area contributed by atoms with Crippen molar-refractivity contribution in [2.75, 3.05) is 5.43 Å². The molecule has 0 aliphatic rings. The fraction of sp³-hybridized carbons (Fsp3) is 0.125. The number of aromatic amines is 1. The Morgan fingerprint density at radius 2 is 1.95 bits per heavy atom. The lowest BCUT2D eigenvalue weighted by atomic mass is 10.1. The summed E-state index contributed by atoms with van der Waals surface area (Å²) in [6.45, 7) is 2.00. The average molecular weight is 282 g/mol. The van der Waals surface area contributed by atoms with Gasteiger partial charge in [-0.25, -0.2) is 14.8 Å². The molecule has 0 bridgehead atoms. The van der Waals surface area contributed by atoms with Crippen LogP contribution in [0.3, 0.4) is 0 Å². The van der Waals surface area contributed by atoms with Crippen molar-refractivity contribution in [1.82, 2.24) is 9.97 Å². The van der Waals surface area contributed by atoms with Crippen molar-refractivity contribution >= 4 is 22.7 Å². The minimum absolute atomic E-state index is 0.251. The number of nitrogens with one attached hydrogen (secondary N) is 2. The molecule has 3 rings (SSSR count). The Hall–Kier alpha value is -2.69. The van der Waals surface area contributed by atoms with E-state index in [1.54, 1.807) is 12.1 Å². The molecule has 1 heterocycles. The van der Waals surface area contributed by atoms with E-state index in [4.69, 9.17) is 0 Å². The van der Waals surface area contributed by atoms with E-state index in [0.717, 1.165) is 28.7 Å². The summed E-state index contributed by atoms with van der Waals surface area (Å²) in [5, 5.41) is 4.36. The summed E-state index contributed by atoms with van der Waals surface area (Å²) in [5.41, 5.74) is 6.50. The first-order valence-electron chi connectivity index (χ1n) is 6.79. The number of halogens is 1. The number of nitrogens with zero attached hydrogens (tertiary/aromatic N) is 2. The number of benzene rings is 2. The van der Waals surface area contributed by atoms with Gasteiger partial charge in [-0.1, -0.05) is 31.2 Å². The second kappa shape index (κ2) is 5.75. The van der Waals surface area contributed by atoms with Gasteiger partial charge in [-0.15, -0.1) is 0 Å². The second-order valence-electron chi connectivity index (χ2n) is 4.63. The maximum Gasteiger partial charge on any atom is 0.222 e. The number of fused-ring (bicyclic) bond motifs is 1. The number of aromatic nitrogens is 2. The predicted molar refractivity (Wildman–Crippen MR) is 82.9 cm³/mol. The molecular weight excluding hydrogens is 267 g/mol. The summed E-state index contributed by atoms with van der Waals surface area (Å²) in [7, 11) is 0. The van der Waals surface area contributed by atoms with Gasteiger partial charge >= 0.3 is 0 Å². The number of para-hydroxylation sites is 2. The highest BCUT2D eigenvalue weighted by molar-refractivity contribution is 6.00. The number of hydrogen-bond donors (Lipinski definition) is 2. The number of hydrazone groups is 1. The summed E-state index contributed by atoms with van der Waals surface area (Å²) in [6, 6.07) is 14.1. The summed E-state index contributed by atoms with van der Waals surface area (Å²) in [6.07, 6.45) is 0.735. The van der Waals surface area contributed by atoms with Crippen LogP contribution in [0.25, 0.3) is 11.0 Å². The van der Waals surface area contributed by atoms with E-state index in [-0.39, 0.29) is 5.82 Å². The third-order valence-corrected chi connectivity index (χ3v) is 3.20. The molecule has 0 saturated heterocycles. The van der Waals surface area contributed by atoms with Gasteiger partial charge in [0.2, 0.25) is 5.95 Å². The van der Waals surface area contributed by atoms with Gasteiger partial charge in [0.25, 0.3) is 0 Å². The minimum atomic E-state index is -0.251. The van der Waals surface area contributed by atoms with Gasteiger partial charge in [0, 0.05) is 0 Å². The van der Waals surface area contributed by atoms with Crippen LogP contribution in [-0.2, 0) is 0 Å². The van der Waals surface area contributed by atoms with E-state index < -0.39 is 0 Å². The zero-order chi connectivity index (χ0) is 14.7. The molecular formula is C16H15FN4. The fourth-order valence-electron chi connectivity index (χ4n) is 2.12. The molecule has 106 valence electrons. The van der Waals surface area contributed by atoms with Crippen molar-refractivity contribution in [1.29, 1.82) is 0 Å². The minimum Gasteiger partial charge on any atom is -0.323 e. The number of hydrogen-bond acceptors (Lipinski definition) is 3. The highest BCUT2D eigenvalue weighted by Gasteiger charge is 2.04. The van der Waals surface area contributed by atoms with Crippen LogP contribution < -0.4 is 5.43 Å². The summed E-state index contributed by atoms with van der Waals surface area (Å²) >= 11 is 0. The molecule has 0 radical (unpaired) electrons. The molecule has 2 N–H and O–H groups in total. The van der Waals surface area contributed by atoms with Gasteiger partial charge < -0.3 is 4.98 Å². The van der Waals surface area contributed by atoms with Crippen molar-refractivity contribution in [2.45, 2.75) is 13.3 Å². The van der Waals surface area contributed by atoms with Gasteiger partial charge in [-0.2, -0.15) is 5.10 Å². The molecule has 21 heavy (non-hydrogen) atoms. The number of H-pyrrole nitrogens is 1. The maximum absolute atomic E-state index is 13.0. The highest BCUT2D eigenvalue weighted by Crippen LogP contribution is 2.14. The van der Waals surface area contributed by atoms with Crippen LogP contribution in [0.2, 0.25) is 0 Å². The van der Waals surface area contributed by atoms with E-state index in [0.29, 0.717) is 5.95 Å². The molecule has 1 aromatic heterocycles. The standard InChI is InChI=1S/C16H15FN4/c1-2-13(11-7-9-12(17)10-8-11)20-21-16-18-14-5-3-4-6-15(14)19-16/h3-10H,2H2,1H3,(H2,18,19,21)/b20-13+. The average Bonchev–Trinajstić information content (AvgIpc) is 2.92. The molecule has 0 amide bonds. The molecule has 0 unspecified atom stereocenters. The summed E-state index contributed by atoms with van der Waals surface area (Å²) in [5.74, 6) is 0.337. The maximum atomic E-state index is 13.0. The first kappa shape index (κ1) is 13.3. The van der Waals surface area contributed by atoms with Crippen molar-refractivity contribution in [2.24, 2.45) is 5.10 Å². The summed E-state index contributed by atoms with van der Waals surface area (Å²) < 4.78 is 13.0. The zero-order valence-electron chi connectivity index (χ0n) is 11.6. The Balaban J connectivity index is 1.83. The summed E-state index contributed by atoms with van der Waals surface area (Å²) in [4.78, 5) is 7.54. The van der Waals surface area contributed by atoms with Crippen molar-refractivity contribution in [3.63, 3.8) is 0 Å². The number of anilines is 1. The van der Waals surface area contributed by atoms with Gasteiger partial charge in [-0.05, 0) is 36.2 Å². The molecule has 5 heteroatoms. The Morgan fingerprint density at radius 3 is 2.67 bits per heavy atom. The molecule has 0 saturated carbocycles. The first-order valence-corrected chi connectivity index (χ1v) is 6.79. The molecule has 0 spiro atoms. The van der Waals surface area contributed by atoms with Gasteiger partial charge in [-0.3, -0.25) is 0 Å². The third-order valence-electron chi connectivity index (χ3n) is 3.20. The molecule has 4 nitrogen and oxygen atoms in total. The van der Waals surface area contributed by atoms with Crippen LogP contribution >= 0.6 is 0 Å². The highest BCUT2D eigenvalue weighted by atomic mass is 19.1. The lowest BCUT2D eigenvalue weighted by Gasteiger charge is -2.04. The van der Waals surface area contributed by atoms with E-state index >= 15 is 0 Å². The zero-order valence-corrected chi connectivity index (χ0v) is 11.6. The Kier molecular flexibility index (Phi) is 3.64. The molecule has 0 aliphatic heterocycles. The fourth-order valence-corrected chi connectivity index (χ4v) is 2.12. The number of imidazole rings is 1. The monoisotopic (exact) mass is 282 g/mol. The lowest BCUT2D eigenvalue weighted by molar-refractivity contribution is 0.627. The first-order chi connectivity index (χ1) is 10.3. The van der Waals surface area contributed by atoms with Gasteiger partial charge in [0.05, 0.1) is 16.7 Å². The van der Waals surface area contributed by atoms with Crippen LogP contribution in [-0.4, -0.2) is 15.7 Å². The van der Waals surface area contributed by atoms with E-state index in [2.05, 4.69) is 20.5 Å². The number of rotatable bonds is 4.